The van der Waals surface area contributed by atoms with Gasteiger partial charge in [0, 0.05) is 61.4 Å². The highest BCUT2D eigenvalue weighted by Gasteiger charge is 2.38. The van der Waals surface area contributed by atoms with Crippen molar-refractivity contribution in [1.82, 2.24) is 14.5 Å². The maximum absolute atomic E-state index is 12.8. The van der Waals surface area contributed by atoms with E-state index < -0.39 is 16.9 Å². The van der Waals surface area contributed by atoms with Gasteiger partial charge in [-0.2, -0.15) is 0 Å². The van der Waals surface area contributed by atoms with Crippen molar-refractivity contribution in [3.05, 3.63) is 12.0 Å². The Morgan fingerprint density at radius 2 is 1.89 bits per heavy atom. The minimum absolute atomic E-state index is 0.0535. The van der Waals surface area contributed by atoms with Crippen LogP contribution in [0, 0.1) is 11.3 Å². The number of hydrogen-bond donors (Lipinski definition) is 3. The molecule has 28 heavy (non-hydrogen) atoms. The molecular weight excluding hydrogens is 380 g/mol. The molecule has 0 saturated carbocycles. The molecule has 1 unspecified atom stereocenters. The summed E-state index contributed by atoms with van der Waals surface area (Å²) in [6.45, 7) is 6.37. The predicted molar refractivity (Wildman–Crippen MR) is 111 cm³/mol. The standard InChI is InChI=1S/C19H34N4O4S/c1-19(2,22(3)15-5-9-23(10-6-15)28(4)26)18(25)21-17(24)13-16(20)14-7-11-27-12-8-14/h13-15,20,24H,5-12H2,1-4H3,(H,21,25)/b17-13-,20-16?. The Morgan fingerprint density at radius 3 is 2.43 bits per heavy atom. The van der Waals surface area contributed by atoms with Crippen molar-refractivity contribution < 1.29 is 19.2 Å². The van der Waals surface area contributed by atoms with Gasteiger partial charge in [-0.3, -0.25) is 15.0 Å². The minimum Gasteiger partial charge on any atom is -0.598 e. The lowest BCUT2D eigenvalue weighted by Crippen LogP contribution is -2.58. The average Bonchev–Trinajstić information content (AvgIpc) is 2.67. The monoisotopic (exact) mass is 414 g/mol. The first-order chi connectivity index (χ1) is 13.1. The number of carbonyl (C=O) groups is 1. The van der Waals surface area contributed by atoms with Gasteiger partial charge in [-0.1, -0.05) is 0 Å². The van der Waals surface area contributed by atoms with Crippen molar-refractivity contribution >= 4 is 23.0 Å². The van der Waals surface area contributed by atoms with Gasteiger partial charge in [0.05, 0.1) is 5.54 Å². The van der Waals surface area contributed by atoms with E-state index in [4.69, 9.17) is 10.1 Å². The second-order valence-electron chi connectivity index (χ2n) is 8.08. The number of ether oxygens (including phenoxy) is 1. The zero-order valence-corrected chi connectivity index (χ0v) is 18.2. The molecule has 8 nitrogen and oxygen atoms in total. The summed E-state index contributed by atoms with van der Waals surface area (Å²) in [5.74, 6) is -0.554. The number of allylic oxidation sites excluding steroid dienone is 1. The van der Waals surface area contributed by atoms with Crippen LogP contribution < -0.4 is 5.32 Å². The number of carbonyl (C=O) groups excluding carboxylic acids is 1. The Bertz CT molecular complexity index is 582. The molecule has 0 spiro atoms. The molecule has 2 heterocycles. The highest BCUT2D eigenvalue weighted by Crippen LogP contribution is 2.24. The summed E-state index contributed by atoms with van der Waals surface area (Å²) < 4.78 is 18.8. The number of hydrogen-bond acceptors (Lipinski definition) is 7. The average molecular weight is 415 g/mol. The lowest BCUT2D eigenvalue weighted by Gasteiger charge is -2.42. The molecule has 2 rings (SSSR count). The van der Waals surface area contributed by atoms with E-state index >= 15 is 0 Å². The zero-order valence-electron chi connectivity index (χ0n) is 17.4. The van der Waals surface area contributed by atoms with Gasteiger partial charge in [0.25, 0.3) is 0 Å². The van der Waals surface area contributed by atoms with Crippen LogP contribution in [0.5, 0.6) is 0 Å². The fourth-order valence-electron chi connectivity index (χ4n) is 3.68. The second kappa shape index (κ2) is 10.1. The number of likely N-dealkylation sites (N-methyl/N-ethyl adjacent to an activating group) is 1. The van der Waals surface area contributed by atoms with Crippen molar-refractivity contribution in [3.63, 3.8) is 0 Å². The van der Waals surface area contributed by atoms with Gasteiger partial charge in [-0.25, -0.2) is 0 Å². The Morgan fingerprint density at radius 1 is 1.32 bits per heavy atom. The van der Waals surface area contributed by atoms with Gasteiger partial charge in [-0.05, 0) is 46.6 Å². The van der Waals surface area contributed by atoms with Crippen molar-refractivity contribution in [1.29, 1.82) is 5.41 Å². The predicted octanol–water partition coefficient (Wildman–Crippen LogP) is 1.42. The van der Waals surface area contributed by atoms with Gasteiger partial charge in [-0.15, -0.1) is 4.31 Å². The molecule has 9 heteroatoms. The molecule has 160 valence electrons. The van der Waals surface area contributed by atoms with E-state index in [0.717, 1.165) is 38.8 Å². The number of nitrogens with zero attached hydrogens (tertiary/aromatic N) is 2. The summed E-state index contributed by atoms with van der Waals surface area (Å²) in [6, 6.07) is 0.201. The van der Waals surface area contributed by atoms with Crippen LogP contribution in [-0.4, -0.2) is 81.7 Å². The van der Waals surface area contributed by atoms with Crippen LogP contribution in [0.15, 0.2) is 12.0 Å². The lowest BCUT2D eigenvalue weighted by molar-refractivity contribution is -0.132. The Balaban J connectivity index is 1.91. The molecule has 0 aliphatic carbocycles. The molecule has 2 aliphatic rings. The van der Waals surface area contributed by atoms with E-state index in [-0.39, 0.29) is 23.8 Å². The van der Waals surface area contributed by atoms with Crippen molar-refractivity contribution in [2.24, 2.45) is 5.92 Å². The topological polar surface area (TPSA) is 112 Å². The van der Waals surface area contributed by atoms with Gasteiger partial charge < -0.3 is 19.8 Å². The quantitative estimate of drug-likeness (QED) is 0.330. The smallest absolute Gasteiger partial charge is 0.246 e. The number of rotatable bonds is 7. The molecule has 3 N–H and O–H groups in total. The molecule has 1 atom stereocenters. The van der Waals surface area contributed by atoms with Crippen LogP contribution in [0.25, 0.3) is 0 Å². The molecule has 0 aromatic heterocycles. The number of piperidine rings is 1. The van der Waals surface area contributed by atoms with E-state index in [1.165, 1.54) is 6.08 Å². The van der Waals surface area contributed by atoms with Crippen molar-refractivity contribution in [3.8, 4) is 0 Å². The molecule has 0 aromatic rings. The normalized spacial score (nSPS) is 22.3. The lowest BCUT2D eigenvalue weighted by atomic mass is 9.94. The van der Waals surface area contributed by atoms with E-state index in [0.29, 0.717) is 18.9 Å². The minimum atomic E-state index is -0.959. The summed E-state index contributed by atoms with van der Waals surface area (Å²) in [6.07, 6.45) is 6.21. The summed E-state index contributed by atoms with van der Waals surface area (Å²) in [4.78, 5) is 14.8. The van der Waals surface area contributed by atoms with Crippen LogP contribution >= 0.6 is 0 Å². The number of nitrogens with one attached hydrogen (secondary N) is 2. The van der Waals surface area contributed by atoms with Crippen LogP contribution in [0.1, 0.15) is 39.5 Å². The Kier molecular flexibility index (Phi) is 8.32. The number of amides is 1. The van der Waals surface area contributed by atoms with E-state index in [1.807, 2.05) is 30.1 Å². The molecule has 2 fully saturated rings. The summed E-state index contributed by atoms with van der Waals surface area (Å²) >= 11 is -0.959. The van der Waals surface area contributed by atoms with Crippen LogP contribution in [0.4, 0.5) is 0 Å². The first kappa shape index (κ1) is 23.2. The van der Waals surface area contributed by atoms with Crippen LogP contribution in [0.2, 0.25) is 0 Å². The molecular formula is C19H34N4O4S. The fraction of sp³-hybridized carbons (Fsp3) is 0.789. The SMILES string of the molecule is CN(C1CCN([S+](C)[O-])CC1)C(C)(C)C(=O)N/C(O)=C/C(=N)C1CCOCC1. The summed E-state index contributed by atoms with van der Waals surface area (Å²) in [5.41, 5.74) is -0.520. The second-order valence-corrected chi connectivity index (χ2v) is 9.44. The van der Waals surface area contributed by atoms with Crippen molar-refractivity contribution in [2.75, 3.05) is 39.6 Å². The largest absolute Gasteiger partial charge is 0.598 e. The van der Waals surface area contributed by atoms with Gasteiger partial charge >= 0.3 is 0 Å². The van der Waals surface area contributed by atoms with Gasteiger partial charge in [0.1, 0.15) is 6.26 Å². The van der Waals surface area contributed by atoms with E-state index in [2.05, 4.69) is 5.32 Å². The van der Waals surface area contributed by atoms with E-state index in [9.17, 15) is 14.5 Å². The molecule has 2 aliphatic heterocycles. The van der Waals surface area contributed by atoms with Crippen LogP contribution in [0.3, 0.4) is 0 Å². The zero-order chi connectivity index (χ0) is 20.9. The molecule has 2 saturated heterocycles. The summed E-state index contributed by atoms with van der Waals surface area (Å²) in [5, 5.41) is 20.8. The molecule has 0 aromatic carbocycles. The fourth-order valence-corrected chi connectivity index (χ4v) is 4.41. The maximum atomic E-state index is 12.8. The summed E-state index contributed by atoms with van der Waals surface area (Å²) in [7, 11) is 1.91. The molecule has 0 bridgehead atoms. The third-order valence-corrected chi connectivity index (χ3v) is 7.06. The third kappa shape index (κ3) is 5.93. The highest BCUT2D eigenvalue weighted by atomic mass is 32.2. The van der Waals surface area contributed by atoms with Gasteiger partial charge in [0.2, 0.25) is 5.91 Å². The Hall–Kier alpha value is -1.13. The molecule has 0 radical (unpaired) electrons. The first-order valence-corrected chi connectivity index (χ1v) is 11.3. The van der Waals surface area contributed by atoms with Crippen molar-refractivity contribution in [2.45, 2.75) is 51.1 Å². The maximum Gasteiger partial charge on any atom is 0.246 e. The molecule has 1 amide bonds. The van der Waals surface area contributed by atoms with Crippen LogP contribution in [-0.2, 0) is 20.9 Å². The third-order valence-electron chi connectivity index (χ3n) is 5.97. The first-order valence-electron chi connectivity index (χ1n) is 9.82. The number of aliphatic hydroxyl groups excluding tert-OH is 1. The van der Waals surface area contributed by atoms with E-state index in [1.54, 1.807) is 6.26 Å². The van der Waals surface area contributed by atoms with Gasteiger partial charge in [0.15, 0.2) is 5.88 Å². The highest BCUT2D eigenvalue weighted by molar-refractivity contribution is 7.88. The Labute approximate surface area is 171 Å². The number of aliphatic hydroxyl groups is 1.